The number of hydrogen-bond donors (Lipinski definition) is 1. The molecule has 1 aromatic heterocycles. The van der Waals surface area contributed by atoms with Crippen LogP contribution in [0.25, 0.3) is 5.69 Å². The summed E-state index contributed by atoms with van der Waals surface area (Å²) in [4.78, 5) is 14.9. The van der Waals surface area contributed by atoms with Gasteiger partial charge in [-0.15, -0.1) is 0 Å². The molecule has 134 valence electrons. The van der Waals surface area contributed by atoms with Crippen LogP contribution in [-0.4, -0.2) is 46.8 Å². The lowest BCUT2D eigenvalue weighted by molar-refractivity contribution is 0.0869. The molecule has 1 N–H and O–H groups in total. The fraction of sp³-hybridized carbons (Fsp3) is 0.500. The maximum Gasteiger partial charge on any atom is 0.251 e. The topological polar surface area (TPSA) is 50.2 Å². The molecule has 0 atom stereocenters. The van der Waals surface area contributed by atoms with Crippen molar-refractivity contribution in [1.29, 1.82) is 0 Å². The van der Waals surface area contributed by atoms with Crippen LogP contribution in [0.3, 0.4) is 0 Å². The zero-order chi connectivity index (χ0) is 17.7. The second-order valence-electron chi connectivity index (χ2n) is 7.21. The van der Waals surface area contributed by atoms with E-state index >= 15 is 0 Å². The highest BCUT2D eigenvalue weighted by molar-refractivity contribution is 5.94. The molecule has 1 aliphatic rings. The number of aromatic nitrogens is 2. The van der Waals surface area contributed by atoms with Crippen molar-refractivity contribution in [2.75, 3.05) is 20.6 Å². The third kappa shape index (κ3) is 4.10. The number of amides is 1. The molecular weight excluding hydrogens is 312 g/mol. The molecule has 0 unspecified atom stereocenters. The number of benzene rings is 1. The summed E-state index contributed by atoms with van der Waals surface area (Å²) in [5.74, 6) is -0.00233. The number of carbonyl (C=O) groups is 1. The zero-order valence-electron chi connectivity index (χ0n) is 15.2. The molecule has 0 aliphatic heterocycles. The molecule has 1 saturated carbocycles. The summed E-state index contributed by atoms with van der Waals surface area (Å²) in [5, 5.41) is 7.38. The van der Waals surface area contributed by atoms with E-state index in [2.05, 4.69) is 29.4 Å². The molecule has 0 saturated heterocycles. The van der Waals surface area contributed by atoms with Gasteiger partial charge in [-0.3, -0.25) is 4.79 Å². The molecule has 5 heteroatoms. The van der Waals surface area contributed by atoms with Crippen LogP contribution in [0.1, 0.15) is 48.9 Å². The van der Waals surface area contributed by atoms with Crippen LogP contribution in [-0.2, 0) is 0 Å². The van der Waals surface area contributed by atoms with E-state index < -0.39 is 0 Å². The Bertz CT molecular complexity index is 668. The van der Waals surface area contributed by atoms with Crippen molar-refractivity contribution in [2.24, 2.45) is 0 Å². The molecule has 25 heavy (non-hydrogen) atoms. The second kappa shape index (κ2) is 7.83. The van der Waals surface area contributed by atoms with Gasteiger partial charge in [0.25, 0.3) is 5.91 Å². The quantitative estimate of drug-likeness (QED) is 0.850. The molecule has 1 fully saturated rings. The van der Waals surface area contributed by atoms with E-state index in [0.29, 0.717) is 12.1 Å². The minimum absolute atomic E-state index is 0.00233. The van der Waals surface area contributed by atoms with Gasteiger partial charge in [-0.1, -0.05) is 25.7 Å². The predicted molar refractivity (Wildman–Crippen MR) is 100 cm³/mol. The van der Waals surface area contributed by atoms with Crippen LogP contribution in [0.4, 0.5) is 0 Å². The first-order valence-corrected chi connectivity index (χ1v) is 9.16. The first-order valence-electron chi connectivity index (χ1n) is 9.16. The SMILES string of the molecule is CN(C)C1(CNC(=O)c2ccc(-n3cccn3)cc2)CCCCCC1. The van der Waals surface area contributed by atoms with Gasteiger partial charge in [0.05, 0.1) is 5.69 Å². The van der Waals surface area contributed by atoms with E-state index in [1.807, 2.05) is 36.5 Å². The third-order valence-electron chi connectivity index (χ3n) is 5.46. The zero-order valence-corrected chi connectivity index (χ0v) is 15.2. The van der Waals surface area contributed by atoms with Crippen LogP contribution in [0, 0.1) is 0 Å². The van der Waals surface area contributed by atoms with Crippen molar-refractivity contribution in [3.8, 4) is 5.69 Å². The standard InChI is InChI=1S/C20H28N4O/c1-23(2)20(12-5-3-4-6-13-20)16-21-19(25)17-8-10-18(11-9-17)24-15-7-14-22-24/h7-11,14-15H,3-6,12-13,16H2,1-2H3,(H,21,25). The molecule has 1 aromatic carbocycles. The van der Waals surface area contributed by atoms with Gasteiger partial charge in [-0.25, -0.2) is 4.68 Å². The molecule has 0 spiro atoms. The molecule has 5 nitrogen and oxygen atoms in total. The first-order chi connectivity index (χ1) is 12.1. The lowest BCUT2D eigenvalue weighted by Gasteiger charge is -2.39. The van der Waals surface area contributed by atoms with Gasteiger partial charge in [0.2, 0.25) is 0 Å². The molecule has 1 aliphatic carbocycles. The lowest BCUT2D eigenvalue weighted by atomic mass is 9.88. The fourth-order valence-corrected chi connectivity index (χ4v) is 3.70. The van der Waals surface area contributed by atoms with Crippen molar-refractivity contribution in [3.63, 3.8) is 0 Å². The minimum Gasteiger partial charge on any atom is -0.350 e. The van der Waals surface area contributed by atoms with Gasteiger partial charge in [0, 0.05) is 30.0 Å². The Kier molecular flexibility index (Phi) is 5.53. The maximum absolute atomic E-state index is 12.6. The molecule has 2 aromatic rings. The van der Waals surface area contributed by atoms with Crippen molar-refractivity contribution < 1.29 is 4.79 Å². The summed E-state index contributed by atoms with van der Waals surface area (Å²) in [6.07, 6.45) is 11.0. The van der Waals surface area contributed by atoms with Crippen molar-refractivity contribution in [3.05, 3.63) is 48.3 Å². The Morgan fingerprint density at radius 3 is 2.40 bits per heavy atom. The number of likely N-dealkylation sites (N-methyl/N-ethyl adjacent to an activating group) is 1. The van der Waals surface area contributed by atoms with Gasteiger partial charge in [0.15, 0.2) is 0 Å². The molecule has 1 heterocycles. The van der Waals surface area contributed by atoms with Crippen molar-refractivity contribution >= 4 is 5.91 Å². The molecular formula is C20H28N4O. The predicted octanol–water partition coefficient (Wildman–Crippen LogP) is 3.26. The Morgan fingerprint density at radius 2 is 1.84 bits per heavy atom. The van der Waals surface area contributed by atoms with E-state index in [1.54, 1.807) is 10.9 Å². The van der Waals surface area contributed by atoms with Gasteiger partial charge >= 0.3 is 0 Å². The summed E-state index contributed by atoms with van der Waals surface area (Å²) >= 11 is 0. The summed E-state index contributed by atoms with van der Waals surface area (Å²) < 4.78 is 1.79. The van der Waals surface area contributed by atoms with Gasteiger partial charge in [-0.05, 0) is 57.3 Å². The smallest absolute Gasteiger partial charge is 0.251 e. The van der Waals surface area contributed by atoms with Gasteiger partial charge in [-0.2, -0.15) is 5.10 Å². The number of nitrogens with zero attached hydrogens (tertiary/aromatic N) is 3. The van der Waals surface area contributed by atoms with Gasteiger partial charge in [0.1, 0.15) is 0 Å². The number of hydrogen-bond acceptors (Lipinski definition) is 3. The summed E-state index contributed by atoms with van der Waals surface area (Å²) in [5.41, 5.74) is 1.73. The lowest BCUT2D eigenvalue weighted by Crippen LogP contribution is -2.52. The fourth-order valence-electron chi connectivity index (χ4n) is 3.70. The summed E-state index contributed by atoms with van der Waals surface area (Å²) in [6.45, 7) is 0.708. The first kappa shape index (κ1) is 17.7. The molecule has 0 bridgehead atoms. The Labute approximate surface area is 150 Å². The Morgan fingerprint density at radius 1 is 1.16 bits per heavy atom. The van der Waals surface area contributed by atoms with E-state index in [-0.39, 0.29) is 11.4 Å². The second-order valence-corrected chi connectivity index (χ2v) is 7.21. The van der Waals surface area contributed by atoms with E-state index in [4.69, 9.17) is 0 Å². The van der Waals surface area contributed by atoms with E-state index in [9.17, 15) is 4.79 Å². The van der Waals surface area contributed by atoms with Gasteiger partial charge < -0.3 is 10.2 Å². The Hall–Kier alpha value is -2.14. The van der Waals surface area contributed by atoms with E-state index in [0.717, 1.165) is 18.5 Å². The number of carbonyl (C=O) groups excluding carboxylic acids is 1. The highest BCUT2D eigenvalue weighted by Gasteiger charge is 2.33. The molecule has 3 rings (SSSR count). The van der Waals surface area contributed by atoms with Crippen LogP contribution in [0.5, 0.6) is 0 Å². The maximum atomic E-state index is 12.6. The average molecular weight is 340 g/mol. The van der Waals surface area contributed by atoms with Crippen molar-refractivity contribution in [2.45, 2.75) is 44.1 Å². The highest BCUT2D eigenvalue weighted by Crippen LogP contribution is 2.30. The average Bonchev–Trinajstić information content (AvgIpc) is 3.05. The van der Waals surface area contributed by atoms with Crippen molar-refractivity contribution in [1.82, 2.24) is 20.0 Å². The Balaban J connectivity index is 1.65. The van der Waals surface area contributed by atoms with Crippen LogP contribution < -0.4 is 5.32 Å². The largest absolute Gasteiger partial charge is 0.350 e. The number of nitrogens with one attached hydrogen (secondary N) is 1. The molecule has 0 radical (unpaired) electrons. The molecule has 1 amide bonds. The normalized spacial score (nSPS) is 17.2. The monoisotopic (exact) mass is 340 g/mol. The van der Waals surface area contributed by atoms with Crippen LogP contribution >= 0.6 is 0 Å². The third-order valence-corrected chi connectivity index (χ3v) is 5.46. The summed E-state index contributed by atoms with van der Waals surface area (Å²) in [7, 11) is 4.27. The number of rotatable bonds is 5. The minimum atomic E-state index is -0.00233. The summed E-state index contributed by atoms with van der Waals surface area (Å²) in [6, 6.07) is 9.46. The van der Waals surface area contributed by atoms with Crippen LogP contribution in [0.2, 0.25) is 0 Å². The van der Waals surface area contributed by atoms with Crippen LogP contribution in [0.15, 0.2) is 42.7 Å². The van der Waals surface area contributed by atoms with E-state index in [1.165, 1.54) is 25.7 Å². The highest BCUT2D eigenvalue weighted by atomic mass is 16.1.